The molecule has 4 rings (SSSR count). The van der Waals surface area contributed by atoms with Crippen LogP contribution in [0.15, 0.2) is 41.1 Å². The van der Waals surface area contributed by atoms with Crippen molar-refractivity contribution in [3.63, 3.8) is 0 Å². The van der Waals surface area contributed by atoms with Crippen molar-refractivity contribution in [3.8, 4) is 10.6 Å². The van der Waals surface area contributed by atoms with Crippen molar-refractivity contribution in [3.05, 3.63) is 57.2 Å². The molecule has 1 N–H and O–H groups in total. The third-order valence-electron chi connectivity index (χ3n) is 5.17. The molecule has 1 fully saturated rings. The lowest BCUT2D eigenvalue weighted by molar-refractivity contribution is -0.117. The number of nitrogens with zero attached hydrogens (tertiary/aromatic N) is 3. The van der Waals surface area contributed by atoms with E-state index in [4.69, 9.17) is 4.98 Å². The number of aryl methyl sites for hydroxylation is 2. The summed E-state index contributed by atoms with van der Waals surface area (Å²) >= 11 is 3.46. The van der Waals surface area contributed by atoms with Crippen molar-refractivity contribution in [2.24, 2.45) is 0 Å². The zero-order valence-electron chi connectivity index (χ0n) is 16.9. The van der Waals surface area contributed by atoms with Crippen molar-refractivity contribution in [1.82, 2.24) is 14.8 Å². The molecule has 0 saturated carbocycles. The maximum atomic E-state index is 12.4. The maximum Gasteiger partial charge on any atom is 0.238 e. The van der Waals surface area contributed by atoms with Crippen LogP contribution in [-0.2, 0) is 11.3 Å². The molecule has 5 nitrogen and oxygen atoms in total. The summed E-state index contributed by atoms with van der Waals surface area (Å²) in [4.78, 5) is 23.1. The fraction of sp³-hybridized carbons (Fsp3) is 0.364. The topological polar surface area (TPSA) is 48.5 Å². The van der Waals surface area contributed by atoms with Crippen LogP contribution in [0.1, 0.15) is 16.1 Å². The number of carbonyl (C=O) groups excluding carboxylic acids is 1. The summed E-state index contributed by atoms with van der Waals surface area (Å²) in [6.07, 6.45) is 0. The lowest BCUT2D eigenvalue weighted by Gasteiger charge is -2.33. The molecule has 1 aliphatic rings. The molecule has 0 spiro atoms. The van der Waals surface area contributed by atoms with Crippen LogP contribution < -0.4 is 5.32 Å². The second-order valence-electron chi connectivity index (χ2n) is 7.52. The Hall–Kier alpha value is -2.06. The second kappa shape index (κ2) is 9.17. The van der Waals surface area contributed by atoms with Crippen LogP contribution in [0, 0.1) is 13.8 Å². The minimum atomic E-state index is 0.0610. The molecule has 0 radical (unpaired) electrons. The van der Waals surface area contributed by atoms with Crippen molar-refractivity contribution < 1.29 is 4.79 Å². The molecule has 0 atom stereocenters. The molecule has 0 aliphatic carbocycles. The molecule has 1 saturated heterocycles. The van der Waals surface area contributed by atoms with Gasteiger partial charge >= 0.3 is 0 Å². The number of thiazole rings is 1. The van der Waals surface area contributed by atoms with Gasteiger partial charge in [-0.25, -0.2) is 4.98 Å². The Morgan fingerprint density at radius 1 is 1.10 bits per heavy atom. The lowest BCUT2D eigenvalue weighted by Crippen LogP contribution is -2.48. The van der Waals surface area contributed by atoms with E-state index in [9.17, 15) is 4.79 Å². The Morgan fingerprint density at radius 3 is 2.62 bits per heavy atom. The zero-order chi connectivity index (χ0) is 20.2. The van der Waals surface area contributed by atoms with Crippen molar-refractivity contribution in [2.45, 2.75) is 20.4 Å². The van der Waals surface area contributed by atoms with Crippen LogP contribution in [0.2, 0.25) is 0 Å². The third-order valence-corrected chi connectivity index (χ3v) is 6.90. The van der Waals surface area contributed by atoms with E-state index in [2.05, 4.69) is 51.0 Å². The number of hydrogen-bond acceptors (Lipinski definition) is 6. The third kappa shape index (κ3) is 5.30. The number of benzene rings is 1. The van der Waals surface area contributed by atoms with Gasteiger partial charge in [-0.05, 0) is 36.9 Å². The predicted octanol–water partition coefficient (Wildman–Crippen LogP) is 4.24. The molecular formula is C22H26N4OS2. The van der Waals surface area contributed by atoms with Crippen LogP contribution in [0.3, 0.4) is 0 Å². The lowest BCUT2D eigenvalue weighted by atomic mass is 10.1. The zero-order valence-corrected chi connectivity index (χ0v) is 18.5. The van der Waals surface area contributed by atoms with Crippen LogP contribution >= 0.6 is 22.7 Å². The number of thiophene rings is 1. The smallest absolute Gasteiger partial charge is 0.238 e. The highest BCUT2D eigenvalue weighted by Crippen LogP contribution is 2.26. The van der Waals surface area contributed by atoms with Crippen LogP contribution in [0.4, 0.5) is 5.69 Å². The number of amides is 1. The number of aromatic nitrogens is 1. The molecule has 3 aromatic rings. The summed E-state index contributed by atoms with van der Waals surface area (Å²) in [6.45, 7) is 9.17. The minimum absolute atomic E-state index is 0.0610. The van der Waals surface area contributed by atoms with Gasteiger partial charge in [-0.1, -0.05) is 23.8 Å². The van der Waals surface area contributed by atoms with Gasteiger partial charge < -0.3 is 5.32 Å². The summed E-state index contributed by atoms with van der Waals surface area (Å²) in [5, 5.41) is 8.45. The van der Waals surface area contributed by atoms with E-state index in [0.29, 0.717) is 6.54 Å². The molecule has 1 amide bonds. The van der Waals surface area contributed by atoms with E-state index in [-0.39, 0.29) is 5.91 Å². The van der Waals surface area contributed by atoms with E-state index in [1.807, 2.05) is 19.1 Å². The van der Waals surface area contributed by atoms with Crippen LogP contribution in [-0.4, -0.2) is 53.4 Å². The standard InChI is InChI=1S/C22H26N4OS2/c1-16-5-6-18(17(2)12-16)23-21(27)13-25-7-9-26(10-8-25)14-22-24-19(15-29-22)20-4-3-11-28-20/h3-6,11-12,15H,7-10,13-14H2,1-2H3,(H,23,27). The van der Waals surface area contributed by atoms with Crippen LogP contribution in [0.5, 0.6) is 0 Å². The number of nitrogens with one attached hydrogen (secondary N) is 1. The average molecular weight is 427 g/mol. The van der Waals surface area contributed by atoms with E-state index in [1.54, 1.807) is 22.7 Å². The second-order valence-corrected chi connectivity index (χ2v) is 9.41. The van der Waals surface area contributed by atoms with Gasteiger partial charge in [0.2, 0.25) is 5.91 Å². The molecule has 152 valence electrons. The fourth-order valence-corrected chi connectivity index (χ4v) is 5.16. The minimum Gasteiger partial charge on any atom is -0.325 e. The quantitative estimate of drug-likeness (QED) is 0.640. The number of anilines is 1. The van der Waals surface area contributed by atoms with Gasteiger partial charge in [-0.2, -0.15) is 0 Å². The van der Waals surface area contributed by atoms with E-state index >= 15 is 0 Å². The number of rotatable bonds is 6. The average Bonchev–Trinajstić information content (AvgIpc) is 3.37. The molecule has 3 heterocycles. The monoisotopic (exact) mass is 426 g/mol. The van der Waals surface area contributed by atoms with Gasteiger partial charge in [-0.3, -0.25) is 14.6 Å². The Morgan fingerprint density at radius 2 is 1.90 bits per heavy atom. The van der Waals surface area contributed by atoms with Gasteiger partial charge in [0.25, 0.3) is 0 Å². The Labute approximate surface area is 180 Å². The summed E-state index contributed by atoms with van der Waals surface area (Å²) in [5.41, 5.74) is 4.30. The van der Waals surface area contributed by atoms with Gasteiger partial charge in [-0.15, -0.1) is 22.7 Å². The maximum absolute atomic E-state index is 12.4. The summed E-state index contributed by atoms with van der Waals surface area (Å²) < 4.78 is 0. The first kappa shape index (κ1) is 20.2. The van der Waals surface area contributed by atoms with Crippen molar-refractivity contribution in [2.75, 3.05) is 38.0 Å². The Bertz CT molecular complexity index is 959. The molecule has 2 aromatic heterocycles. The van der Waals surface area contributed by atoms with Gasteiger partial charge in [0.1, 0.15) is 5.01 Å². The summed E-state index contributed by atoms with van der Waals surface area (Å²) in [6, 6.07) is 10.3. The van der Waals surface area contributed by atoms with Gasteiger partial charge in [0.15, 0.2) is 0 Å². The number of piperazine rings is 1. The van der Waals surface area contributed by atoms with E-state index in [0.717, 1.165) is 54.7 Å². The molecule has 1 aliphatic heterocycles. The Balaban J connectivity index is 1.23. The predicted molar refractivity (Wildman–Crippen MR) is 122 cm³/mol. The first-order valence-corrected chi connectivity index (χ1v) is 11.6. The highest BCUT2D eigenvalue weighted by Gasteiger charge is 2.20. The van der Waals surface area contributed by atoms with Crippen molar-refractivity contribution >= 4 is 34.3 Å². The molecular weight excluding hydrogens is 400 g/mol. The first-order chi connectivity index (χ1) is 14.1. The highest BCUT2D eigenvalue weighted by molar-refractivity contribution is 7.14. The molecule has 1 aromatic carbocycles. The largest absolute Gasteiger partial charge is 0.325 e. The van der Waals surface area contributed by atoms with Gasteiger partial charge in [0.05, 0.1) is 23.7 Å². The Kier molecular flexibility index (Phi) is 6.40. The van der Waals surface area contributed by atoms with Crippen LogP contribution in [0.25, 0.3) is 10.6 Å². The number of hydrogen-bond donors (Lipinski definition) is 1. The van der Waals surface area contributed by atoms with Gasteiger partial charge in [0, 0.05) is 37.2 Å². The molecule has 7 heteroatoms. The number of carbonyl (C=O) groups is 1. The van der Waals surface area contributed by atoms with E-state index in [1.165, 1.54) is 10.4 Å². The van der Waals surface area contributed by atoms with E-state index < -0.39 is 0 Å². The normalized spacial score (nSPS) is 15.5. The fourth-order valence-electron chi connectivity index (χ4n) is 3.56. The summed E-state index contributed by atoms with van der Waals surface area (Å²) in [7, 11) is 0. The summed E-state index contributed by atoms with van der Waals surface area (Å²) in [5.74, 6) is 0.0610. The SMILES string of the molecule is Cc1ccc(NC(=O)CN2CCN(Cc3nc(-c4cccs4)cs3)CC2)c(C)c1. The molecule has 0 unspecified atom stereocenters. The molecule has 0 bridgehead atoms. The van der Waals surface area contributed by atoms with Crippen molar-refractivity contribution in [1.29, 1.82) is 0 Å². The molecule has 29 heavy (non-hydrogen) atoms. The highest BCUT2D eigenvalue weighted by atomic mass is 32.1. The first-order valence-electron chi connectivity index (χ1n) is 9.87.